The number of benzene rings is 2. The molecule has 6 nitrogen and oxygen atoms in total. The molecule has 0 N–H and O–H groups in total. The summed E-state index contributed by atoms with van der Waals surface area (Å²) in [6, 6.07) is 13.9. The van der Waals surface area contributed by atoms with Gasteiger partial charge < -0.3 is 9.47 Å². The molecule has 0 atom stereocenters. The van der Waals surface area contributed by atoms with Crippen LogP contribution >= 0.6 is 11.6 Å². The number of carbonyl (C=O) groups is 2. The average Bonchev–Trinajstić information content (AvgIpc) is 2.82. The maximum Gasteiger partial charge on any atom is 0.266 e. The number of ether oxygens (including phenoxy) is 2. The van der Waals surface area contributed by atoms with Gasteiger partial charge in [0.15, 0.2) is 11.6 Å². The normalized spacial score (nSPS) is 14.4. The highest BCUT2D eigenvalue weighted by Gasteiger charge is 2.35. The lowest BCUT2D eigenvalue weighted by atomic mass is 9.75. The molecule has 2 aromatic carbocycles. The summed E-state index contributed by atoms with van der Waals surface area (Å²) in [5.74, 6) is 0.568. The van der Waals surface area contributed by atoms with Gasteiger partial charge in [-0.25, -0.2) is 0 Å². The summed E-state index contributed by atoms with van der Waals surface area (Å²) in [4.78, 5) is 40.3. The van der Waals surface area contributed by atoms with Crippen molar-refractivity contribution >= 4 is 23.2 Å². The Kier molecular flexibility index (Phi) is 6.86. The lowest BCUT2D eigenvalue weighted by Gasteiger charge is -2.32. The van der Waals surface area contributed by atoms with Gasteiger partial charge in [0, 0.05) is 35.2 Å². The van der Waals surface area contributed by atoms with Crippen molar-refractivity contribution in [3.05, 3.63) is 86.3 Å². The summed E-state index contributed by atoms with van der Waals surface area (Å²) in [7, 11) is 3.05. The first kappa shape index (κ1) is 24.7. The minimum absolute atomic E-state index is 0.00403. The van der Waals surface area contributed by atoms with Crippen LogP contribution < -0.4 is 15.0 Å². The first-order valence-electron chi connectivity index (χ1n) is 11.5. The van der Waals surface area contributed by atoms with Crippen LogP contribution in [-0.4, -0.2) is 30.4 Å². The minimum Gasteiger partial charge on any atom is -0.497 e. The minimum atomic E-state index is -0.470. The van der Waals surface area contributed by atoms with Crippen molar-refractivity contribution in [2.45, 2.75) is 39.5 Å². The molecular formula is C28H28ClNO5. The van der Waals surface area contributed by atoms with Gasteiger partial charge >= 0.3 is 0 Å². The Hall–Kier alpha value is -3.38. The summed E-state index contributed by atoms with van der Waals surface area (Å²) in [6.07, 6.45) is 1.43. The molecule has 0 spiro atoms. The number of Topliss-reactive ketones (excluding diaryl/α,β-unsaturated/α-hetero) is 2. The van der Waals surface area contributed by atoms with Crippen molar-refractivity contribution < 1.29 is 19.1 Å². The molecule has 4 rings (SSSR count). The maximum absolute atomic E-state index is 13.8. The van der Waals surface area contributed by atoms with Gasteiger partial charge in [0.25, 0.3) is 5.56 Å². The number of halogens is 1. The van der Waals surface area contributed by atoms with Crippen molar-refractivity contribution in [1.29, 1.82) is 0 Å². The number of methoxy groups -OCH3 is 2. The first-order valence-corrected chi connectivity index (χ1v) is 11.8. The number of aromatic nitrogens is 1. The number of rotatable bonds is 7. The Labute approximate surface area is 209 Å². The summed E-state index contributed by atoms with van der Waals surface area (Å²) in [6.45, 7) is 3.99. The maximum atomic E-state index is 13.8. The van der Waals surface area contributed by atoms with E-state index in [0.29, 0.717) is 52.7 Å². The highest BCUT2D eigenvalue weighted by atomic mass is 35.5. The molecule has 1 aromatic heterocycles. The lowest BCUT2D eigenvalue weighted by Crippen LogP contribution is -2.36. The molecule has 1 aliphatic rings. The lowest BCUT2D eigenvalue weighted by molar-refractivity contribution is 0.0908. The highest BCUT2D eigenvalue weighted by molar-refractivity contribution is 6.30. The van der Waals surface area contributed by atoms with Gasteiger partial charge in [-0.3, -0.25) is 19.0 Å². The van der Waals surface area contributed by atoms with Crippen molar-refractivity contribution in [1.82, 2.24) is 4.57 Å². The Morgan fingerprint density at radius 3 is 2.37 bits per heavy atom. The van der Waals surface area contributed by atoms with Crippen LogP contribution in [0.1, 0.15) is 58.7 Å². The van der Waals surface area contributed by atoms with Gasteiger partial charge in [0.1, 0.15) is 11.5 Å². The Morgan fingerprint density at radius 1 is 1.00 bits per heavy atom. The quantitative estimate of drug-likeness (QED) is 0.407. The Balaban J connectivity index is 1.87. The average molecular weight is 494 g/mol. The van der Waals surface area contributed by atoms with Gasteiger partial charge in [-0.05, 0) is 54.2 Å². The second-order valence-corrected chi connectivity index (χ2v) is 10.0. The SMILES string of the molecule is COc1ccc(OC)c(-n2c3c(cc(C(=O)CCc4ccc(Cl)cc4)c2=O)C(=O)CC(C)(C)C3)c1. The zero-order valence-electron chi connectivity index (χ0n) is 20.3. The third-order valence-corrected chi connectivity index (χ3v) is 6.62. The van der Waals surface area contributed by atoms with Crippen LogP contribution in [0.25, 0.3) is 5.69 Å². The van der Waals surface area contributed by atoms with E-state index in [9.17, 15) is 14.4 Å². The second kappa shape index (κ2) is 9.70. The van der Waals surface area contributed by atoms with E-state index in [4.69, 9.17) is 21.1 Å². The molecule has 0 saturated carbocycles. The molecular weight excluding hydrogens is 466 g/mol. The standard InChI is InChI=1S/C28H28ClNO5/c1-28(2)15-23-20(25(32)16-28)14-21(24(31)11-7-17-5-8-18(29)9-6-17)27(33)30(23)22-13-19(34-3)10-12-26(22)35-4/h5-6,8-10,12-14H,7,11,15-16H2,1-4H3. The summed E-state index contributed by atoms with van der Waals surface area (Å²) < 4.78 is 12.4. The number of nitrogens with zero attached hydrogens (tertiary/aromatic N) is 1. The van der Waals surface area contributed by atoms with Crippen LogP contribution in [0, 0.1) is 5.41 Å². The second-order valence-electron chi connectivity index (χ2n) is 9.59. The van der Waals surface area contributed by atoms with Crippen LogP contribution in [0.15, 0.2) is 53.3 Å². The summed E-state index contributed by atoms with van der Waals surface area (Å²) >= 11 is 5.95. The number of hydrogen-bond donors (Lipinski definition) is 0. The molecule has 7 heteroatoms. The first-order chi connectivity index (χ1) is 16.6. The molecule has 0 fully saturated rings. The smallest absolute Gasteiger partial charge is 0.266 e. The van der Waals surface area contributed by atoms with Crippen LogP contribution in [0.2, 0.25) is 5.02 Å². The van der Waals surface area contributed by atoms with Crippen molar-refractivity contribution in [2.75, 3.05) is 14.2 Å². The number of ketones is 2. The van der Waals surface area contributed by atoms with E-state index in [1.807, 2.05) is 26.0 Å². The Bertz CT molecular complexity index is 1350. The third-order valence-electron chi connectivity index (χ3n) is 6.37. The number of pyridine rings is 1. The zero-order valence-corrected chi connectivity index (χ0v) is 21.1. The van der Waals surface area contributed by atoms with Crippen molar-refractivity contribution in [2.24, 2.45) is 5.41 Å². The molecule has 0 unspecified atom stereocenters. The van der Waals surface area contributed by atoms with Gasteiger partial charge in [0.2, 0.25) is 0 Å². The van der Waals surface area contributed by atoms with Crippen LogP contribution in [0.5, 0.6) is 11.5 Å². The summed E-state index contributed by atoms with van der Waals surface area (Å²) in [5, 5.41) is 0.617. The van der Waals surface area contributed by atoms with E-state index in [1.165, 1.54) is 24.9 Å². The van der Waals surface area contributed by atoms with Gasteiger partial charge in [-0.2, -0.15) is 0 Å². The number of aryl methyl sites for hydroxylation is 1. The van der Waals surface area contributed by atoms with E-state index in [1.54, 1.807) is 30.3 Å². The van der Waals surface area contributed by atoms with E-state index in [-0.39, 0.29) is 29.0 Å². The monoisotopic (exact) mass is 493 g/mol. The van der Waals surface area contributed by atoms with E-state index >= 15 is 0 Å². The molecule has 0 bridgehead atoms. The fraction of sp³-hybridized carbons (Fsp3) is 0.321. The molecule has 182 valence electrons. The molecule has 0 aliphatic heterocycles. The molecule has 0 amide bonds. The topological polar surface area (TPSA) is 74.6 Å². The van der Waals surface area contributed by atoms with Gasteiger partial charge in [-0.1, -0.05) is 37.6 Å². The van der Waals surface area contributed by atoms with E-state index < -0.39 is 5.56 Å². The van der Waals surface area contributed by atoms with E-state index in [0.717, 1.165) is 5.56 Å². The molecule has 0 radical (unpaired) electrons. The molecule has 3 aromatic rings. The molecule has 1 heterocycles. The highest BCUT2D eigenvalue weighted by Crippen LogP contribution is 2.37. The Morgan fingerprint density at radius 2 is 1.71 bits per heavy atom. The molecule has 0 saturated heterocycles. The molecule has 1 aliphatic carbocycles. The predicted molar refractivity (Wildman–Crippen MR) is 136 cm³/mol. The van der Waals surface area contributed by atoms with Crippen LogP contribution in [0.4, 0.5) is 0 Å². The third kappa shape index (κ3) is 5.03. The summed E-state index contributed by atoms with van der Waals surface area (Å²) in [5.41, 5.74) is 1.56. The number of hydrogen-bond acceptors (Lipinski definition) is 5. The van der Waals surface area contributed by atoms with E-state index in [2.05, 4.69) is 0 Å². The largest absolute Gasteiger partial charge is 0.497 e. The zero-order chi connectivity index (χ0) is 25.3. The fourth-order valence-corrected chi connectivity index (χ4v) is 4.71. The number of fused-ring (bicyclic) bond motifs is 1. The van der Waals surface area contributed by atoms with Gasteiger partial charge in [-0.15, -0.1) is 0 Å². The van der Waals surface area contributed by atoms with Crippen molar-refractivity contribution in [3.63, 3.8) is 0 Å². The van der Waals surface area contributed by atoms with Gasteiger partial charge in [0.05, 0.1) is 25.5 Å². The van der Waals surface area contributed by atoms with Crippen LogP contribution in [-0.2, 0) is 12.8 Å². The number of carbonyl (C=O) groups excluding carboxylic acids is 2. The molecule has 35 heavy (non-hydrogen) atoms. The fourth-order valence-electron chi connectivity index (χ4n) is 4.58. The predicted octanol–water partition coefficient (Wildman–Crippen LogP) is 5.48. The van der Waals surface area contributed by atoms with Crippen molar-refractivity contribution in [3.8, 4) is 17.2 Å². The van der Waals surface area contributed by atoms with Crippen LogP contribution in [0.3, 0.4) is 0 Å².